The molecule has 2 atom stereocenters. The molecule has 2 aromatic carbocycles. The van der Waals surface area contributed by atoms with Gasteiger partial charge in [0.25, 0.3) is 0 Å². The summed E-state index contributed by atoms with van der Waals surface area (Å²) < 4.78 is 18.6. The van der Waals surface area contributed by atoms with E-state index in [1.54, 1.807) is 31.1 Å². The second kappa shape index (κ2) is 9.54. The second-order valence-electron chi connectivity index (χ2n) is 7.30. The largest absolute Gasteiger partial charge is 0.497 e. The standard InChI is InChI=1S/C23H26FN3O3/c1-16(25)23(29)26-13-3-4-21(18-7-11-20(30-2)12-8-18)27(22(28)15-26)14-17-5-9-19(24)10-6-17/h3-12,16,21H,13-15,25H2,1-2H3/b4-3-/t16-,21-/m1/s1. The maximum absolute atomic E-state index is 13.3. The van der Waals surface area contributed by atoms with Crippen LogP contribution in [0.4, 0.5) is 4.39 Å². The summed E-state index contributed by atoms with van der Waals surface area (Å²) in [6.45, 7) is 2.12. The molecule has 1 heterocycles. The molecule has 3 rings (SSSR count). The number of benzene rings is 2. The molecule has 0 aromatic heterocycles. The molecule has 30 heavy (non-hydrogen) atoms. The average molecular weight is 411 g/mol. The maximum atomic E-state index is 13.3. The summed E-state index contributed by atoms with van der Waals surface area (Å²) in [6, 6.07) is 12.5. The monoisotopic (exact) mass is 411 g/mol. The number of ether oxygens (including phenoxy) is 1. The van der Waals surface area contributed by atoms with Gasteiger partial charge in [-0.05, 0) is 42.3 Å². The van der Waals surface area contributed by atoms with Crippen LogP contribution in [0.2, 0.25) is 0 Å². The van der Waals surface area contributed by atoms with Gasteiger partial charge in [-0.3, -0.25) is 9.59 Å². The van der Waals surface area contributed by atoms with Gasteiger partial charge in [0.1, 0.15) is 18.1 Å². The topological polar surface area (TPSA) is 75.9 Å². The number of carbonyl (C=O) groups excluding carboxylic acids is 2. The van der Waals surface area contributed by atoms with E-state index in [-0.39, 0.29) is 36.8 Å². The van der Waals surface area contributed by atoms with Crippen LogP contribution in [-0.4, -0.2) is 47.9 Å². The highest BCUT2D eigenvalue weighted by Gasteiger charge is 2.29. The average Bonchev–Trinajstić information content (AvgIpc) is 2.74. The third-order valence-electron chi connectivity index (χ3n) is 5.05. The van der Waals surface area contributed by atoms with E-state index in [0.717, 1.165) is 16.9 Å². The van der Waals surface area contributed by atoms with Crippen molar-refractivity contribution in [2.75, 3.05) is 20.2 Å². The van der Waals surface area contributed by atoms with Crippen molar-refractivity contribution < 1.29 is 18.7 Å². The Morgan fingerprint density at radius 3 is 2.47 bits per heavy atom. The molecule has 2 aromatic rings. The highest BCUT2D eigenvalue weighted by molar-refractivity contribution is 5.87. The van der Waals surface area contributed by atoms with Gasteiger partial charge in [-0.15, -0.1) is 0 Å². The molecule has 0 bridgehead atoms. The van der Waals surface area contributed by atoms with Crippen molar-refractivity contribution in [3.63, 3.8) is 0 Å². The van der Waals surface area contributed by atoms with Crippen molar-refractivity contribution in [3.05, 3.63) is 77.6 Å². The molecular formula is C23H26FN3O3. The van der Waals surface area contributed by atoms with Crippen LogP contribution in [0.1, 0.15) is 24.1 Å². The molecule has 0 aliphatic carbocycles. The molecule has 158 valence electrons. The minimum atomic E-state index is -0.687. The Bertz CT molecular complexity index is 910. The molecule has 0 unspecified atom stereocenters. The zero-order valence-corrected chi connectivity index (χ0v) is 17.1. The highest BCUT2D eigenvalue weighted by Crippen LogP contribution is 2.28. The van der Waals surface area contributed by atoms with Crippen molar-refractivity contribution in [2.45, 2.75) is 25.6 Å². The lowest BCUT2D eigenvalue weighted by Gasteiger charge is -2.35. The first kappa shape index (κ1) is 21.5. The van der Waals surface area contributed by atoms with Crippen LogP contribution in [0, 0.1) is 5.82 Å². The van der Waals surface area contributed by atoms with Gasteiger partial charge in [-0.2, -0.15) is 0 Å². The predicted molar refractivity (Wildman–Crippen MR) is 112 cm³/mol. The number of carbonyl (C=O) groups is 2. The first-order valence-electron chi connectivity index (χ1n) is 9.78. The van der Waals surface area contributed by atoms with Gasteiger partial charge in [-0.1, -0.05) is 36.4 Å². The van der Waals surface area contributed by atoms with Crippen LogP contribution >= 0.6 is 0 Å². The van der Waals surface area contributed by atoms with Gasteiger partial charge in [-0.25, -0.2) is 4.39 Å². The molecule has 1 aliphatic heterocycles. The van der Waals surface area contributed by atoms with Crippen molar-refractivity contribution in [2.24, 2.45) is 5.73 Å². The minimum absolute atomic E-state index is 0.0709. The summed E-state index contributed by atoms with van der Waals surface area (Å²) >= 11 is 0. The van der Waals surface area contributed by atoms with Crippen LogP contribution < -0.4 is 10.5 Å². The molecule has 7 heteroatoms. The number of halogens is 1. The summed E-state index contributed by atoms with van der Waals surface area (Å²) in [5.41, 5.74) is 7.44. The Kier molecular flexibility index (Phi) is 6.84. The van der Waals surface area contributed by atoms with Crippen LogP contribution in [0.15, 0.2) is 60.7 Å². The molecule has 2 N–H and O–H groups in total. The first-order valence-corrected chi connectivity index (χ1v) is 9.78. The number of methoxy groups -OCH3 is 1. The Balaban J connectivity index is 1.95. The predicted octanol–water partition coefficient (Wildman–Crippen LogP) is 2.65. The summed E-state index contributed by atoms with van der Waals surface area (Å²) in [5.74, 6) is -0.104. The molecule has 6 nitrogen and oxygen atoms in total. The van der Waals surface area contributed by atoms with Gasteiger partial charge in [0, 0.05) is 13.1 Å². The van der Waals surface area contributed by atoms with Crippen molar-refractivity contribution in [1.82, 2.24) is 9.80 Å². The van der Waals surface area contributed by atoms with Crippen LogP contribution in [0.25, 0.3) is 0 Å². The number of hydrogen-bond donors (Lipinski definition) is 1. The van der Waals surface area contributed by atoms with Gasteiger partial charge in [0.05, 0.1) is 19.2 Å². The lowest BCUT2D eigenvalue weighted by Crippen LogP contribution is -2.49. The molecule has 0 radical (unpaired) electrons. The van der Waals surface area contributed by atoms with E-state index >= 15 is 0 Å². The Labute approximate surface area is 175 Å². The molecule has 0 fully saturated rings. The number of nitrogens with zero attached hydrogens (tertiary/aromatic N) is 2. The van der Waals surface area contributed by atoms with Crippen LogP contribution in [0.5, 0.6) is 5.75 Å². The van der Waals surface area contributed by atoms with E-state index in [1.807, 2.05) is 36.4 Å². The Morgan fingerprint density at radius 2 is 1.87 bits per heavy atom. The fourth-order valence-corrected chi connectivity index (χ4v) is 3.42. The van der Waals surface area contributed by atoms with Gasteiger partial charge < -0.3 is 20.3 Å². The minimum Gasteiger partial charge on any atom is -0.497 e. The number of nitrogens with two attached hydrogens (primary N) is 1. The molecule has 1 aliphatic rings. The highest BCUT2D eigenvalue weighted by atomic mass is 19.1. The van der Waals surface area contributed by atoms with E-state index in [9.17, 15) is 14.0 Å². The lowest BCUT2D eigenvalue weighted by atomic mass is 10.0. The molecule has 0 saturated carbocycles. The molecule has 2 amide bonds. The second-order valence-corrected chi connectivity index (χ2v) is 7.30. The lowest BCUT2D eigenvalue weighted by molar-refractivity contribution is -0.142. The molecular weight excluding hydrogens is 385 g/mol. The third kappa shape index (κ3) is 5.04. The number of amides is 2. The number of rotatable bonds is 5. The zero-order chi connectivity index (χ0) is 21.7. The van der Waals surface area contributed by atoms with E-state index < -0.39 is 6.04 Å². The number of hydrogen-bond acceptors (Lipinski definition) is 4. The van der Waals surface area contributed by atoms with Crippen molar-refractivity contribution >= 4 is 11.8 Å². The molecule has 0 saturated heterocycles. The van der Waals surface area contributed by atoms with Crippen molar-refractivity contribution in [3.8, 4) is 5.75 Å². The summed E-state index contributed by atoms with van der Waals surface area (Å²) in [5, 5.41) is 0. The van der Waals surface area contributed by atoms with E-state index in [0.29, 0.717) is 6.54 Å². The van der Waals surface area contributed by atoms with Crippen LogP contribution in [0.3, 0.4) is 0 Å². The van der Waals surface area contributed by atoms with Crippen molar-refractivity contribution in [1.29, 1.82) is 0 Å². The fraction of sp³-hybridized carbons (Fsp3) is 0.304. The van der Waals surface area contributed by atoms with Gasteiger partial charge in [0.15, 0.2) is 0 Å². The Morgan fingerprint density at radius 1 is 1.20 bits per heavy atom. The summed E-state index contributed by atoms with van der Waals surface area (Å²) in [6.07, 6.45) is 3.78. The quantitative estimate of drug-likeness (QED) is 0.768. The maximum Gasteiger partial charge on any atom is 0.243 e. The normalized spacial score (nSPS) is 19.1. The zero-order valence-electron chi connectivity index (χ0n) is 17.1. The smallest absolute Gasteiger partial charge is 0.243 e. The van der Waals surface area contributed by atoms with Crippen LogP contribution in [-0.2, 0) is 16.1 Å². The summed E-state index contributed by atoms with van der Waals surface area (Å²) in [7, 11) is 1.60. The van der Waals surface area contributed by atoms with E-state index in [1.165, 1.54) is 17.0 Å². The van der Waals surface area contributed by atoms with E-state index in [2.05, 4.69) is 0 Å². The fourth-order valence-electron chi connectivity index (χ4n) is 3.42. The summed E-state index contributed by atoms with van der Waals surface area (Å²) in [4.78, 5) is 28.8. The molecule has 0 spiro atoms. The third-order valence-corrected chi connectivity index (χ3v) is 5.05. The van der Waals surface area contributed by atoms with Gasteiger partial charge in [0.2, 0.25) is 11.8 Å². The SMILES string of the molecule is COc1ccc([C@H]2/C=C\CN(C(=O)[C@@H](C)N)CC(=O)N2Cc2ccc(F)cc2)cc1. The van der Waals surface area contributed by atoms with E-state index in [4.69, 9.17) is 10.5 Å². The Hall–Kier alpha value is -3.19. The van der Waals surface area contributed by atoms with Gasteiger partial charge >= 0.3 is 0 Å². The first-order chi connectivity index (χ1) is 14.4.